The monoisotopic (exact) mass is 564 g/mol. The van der Waals surface area contributed by atoms with Crippen LogP contribution in [-0.2, 0) is 29.9 Å². The fourth-order valence-electron chi connectivity index (χ4n) is 3.41. The summed E-state index contributed by atoms with van der Waals surface area (Å²) in [6.07, 6.45) is 3.98. The average molecular weight is 565 g/mol. The zero-order valence-electron chi connectivity index (χ0n) is 21.8. The number of hydrogen-bond acceptors (Lipinski definition) is 11. The maximum Gasteiger partial charge on any atom is 0.459 e. The van der Waals surface area contributed by atoms with E-state index in [2.05, 4.69) is 26.0 Å². The van der Waals surface area contributed by atoms with Gasteiger partial charge in [0.25, 0.3) is 0 Å². The summed E-state index contributed by atoms with van der Waals surface area (Å²) < 4.78 is 50.7. The van der Waals surface area contributed by atoms with Crippen molar-refractivity contribution in [3.05, 3.63) is 42.7 Å². The number of carbonyl (C=O) groups excluding carboxylic acids is 1. The number of nitrogens with one attached hydrogen (secondary N) is 1. The first-order valence-corrected chi connectivity index (χ1v) is 13.3. The topological polar surface area (TPSA) is 173 Å². The minimum absolute atomic E-state index is 0.0132. The van der Waals surface area contributed by atoms with Crippen LogP contribution in [0, 0.1) is 18.4 Å². The molecule has 0 amide bonds. The van der Waals surface area contributed by atoms with Gasteiger partial charge in [-0.3, -0.25) is 9.32 Å². The van der Waals surface area contributed by atoms with Gasteiger partial charge < -0.3 is 29.4 Å². The summed E-state index contributed by atoms with van der Waals surface area (Å²) in [7, 11) is -3.10. The van der Waals surface area contributed by atoms with Crippen LogP contribution in [-0.4, -0.2) is 68.2 Å². The van der Waals surface area contributed by atoms with E-state index in [-0.39, 0.29) is 29.3 Å². The maximum absolute atomic E-state index is 13.8. The standard InChI is InChI=1S/C24H30FN6O7P/c1-6-24(35-5,18(32)12-31-14-27-19-20(26)28-23(25)29-21(19)31)13-36-39(34,38-17-10-8-7-9-11-17)30-16(4)22(33)37-15(2)3/h1,7-11,14-16,18,32H,12-13H2,2-5H3,(H,30,34)(H2,26,28,29)/t16-,18-,24?,39?/m0/s1. The molecule has 0 aliphatic rings. The van der Waals surface area contributed by atoms with Crippen molar-refractivity contribution in [2.24, 2.45) is 0 Å². The molecule has 3 rings (SSSR count). The number of methoxy groups -OCH3 is 1. The van der Waals surface area contributed by atoms with Gasteiger partial charge in [0, 0.05) is 7.11 Å². The number of anilines is 1. The largest absolute Gasteiger partial charge is 0.462 e. The van der Waals surface area contributed by atoms with Gasteiger partial charge in [-0.05, 0) is 32.9 Å². The summed E-state index contributed by atoms with van der Waals surface area (Å²) in [5, 5.41) is 13.6. The quantitative estimate of drug-likeness (QED) is 0.120. The van der Waals surface area contributed by atoms with Crippen LogP contribution in [0.4, 0.5) is 10.2 Å². The zero-order chi connectivity index (χ0) is 28.8. The van der Waals surface area contributed by atoms with E-state index in [0.717, 1.165) is 0 Å². The molecule has 0 radical (unpaired) electrons. The third-order valence-corrected chi connectivity index (χ3v) is 7.08. The number of aliphatic hydroxyl groups excluding tert-OH is 1. The second-order valence-electron chi connectivity index (χ2n) is 8.71. The minimum atomic E-state index is -4.32. The lowest BCUT2D eigenvalue weighted by Crippen LogP contribution is -2.49. The molecule has 4 atom stereocenters. The molecule has 15 heteroatoms. The fraction of sp³-hybridized carbons (Fsp3) is 0.417. The van der Waals surface area contributed by atoms with Crippen LogP contribution in [0.25, 0.3) is 11.2 Å². The maximum atomic E-state index is 13.8. The molecule has 0 bridgehead atoms. The number of fused-ring (bicyclic) bond motifs is 1. The van der Waals surface area contributed by atoms with Gasteiger partial charge in [-0.1, -0.05) is 24.1 Å². The summed E-state index contributed by atoms with van der Waals surface area (Å²) >= 11 is 0. The lowest BCUT2D eigenvalue weighted by molar-refractivity contribution is -0.149. The molecule has 0 saturated carbocycles. The van der Waals surface area contributed by atoms with Crippen molar-refractivity contribution in [3.8, 4) is 18.1 Å². The van der Waals surface area contributed by atoms with Gasteiger partial charge in [0.1, 0.15) is 30.0 Å². The number of imidazole rings is 1. The van der Waals surface area contributed by atoms with Crippen LogP contribution >= 0.6 is 7.75 Å². The second-order valence-corrected chi connectivity index (χ2v) is 10.4. The van der Waals surface area contributed by atoms with Gasteiger partial charge in [0.05, 0.1) is 19.0 Å². The number of aromatic nitrogens is 4. The van der Waals surface area contributed by atoms with E-state index in [4.69, 9.17) is 30.7 Å². The van der Waals surface area contributed by atoms with Crippen molar-refractivity contribution in [2.75, 3.05) is 19.5 Å². The molecular formula is C24H30FN6O7P. The second kappa shape index (κ2) is 12.5. The van der Waals surface area contributed by atoms with Gasteiger partial charge in [0.2, 0.25) is 0 Å². The number of nitrogen functional groups attached to an aromatic ring is 1. The number of ether oxygens (including phenoxy) is 2. The Morgan fingerprint density at radius 3 is 2.62 bits per heavy atom. The highest BCUT2D eigenvalue weighted by Gasteiger charge is 2.42. The first-order chi connectivity index (χ1) is 18.4. The smallest absolute Gasteiger partial charge is 0.459 e. The van der Waals surface area contributed by atoms with E-state index in [1.54, 1.807) is 32.0 Å². The molecule has 4 N–H and O–H groups in total. The van der Waals surface area contributed by atoms with E-state index in [0.29, 0.717) is 0 Å². The average Bonchev–Trinajstić information content (AvgIpc) is 3.27. The third kappa shape index (κ3) is 7.29. The van der Waals surface area contributed by atoms with Crippen molar-refractivity contribution in [3.63, 3.8) is 0 Å². The van der Waals surface area contributed by atoms with Crippen molar-refractivity contribution < 1.29 is 37.4 Å². The Labute approximate surface area is 224 Å². The number of terminal acetylenes is 1. The number of halogens is 1. The molecular weight excluding hydrogens is 534 g/mol. The highest BCUT2D eigenvalue weighted by molar-refractivity contribution is 7.52. The third-order valence-electron chi connectivity index (χ3n) is 5.45. The molecule has 0 saturated heterocycles. The molecule has 0 fully saturated rings. The molecule has 3 aromatic rings. The van der Waals surface area contributed by atoms with Crippen LogP contribution in [0.15, 0.2) is 36.7 Å². The summed E-state index contributed by atoms with van der Waals surface area (Å²) in [4.78, 5) is 23.5. The Balaban J connectivity index is 1.85. The predicted octanol–water partition coefficient (Wildman–Crippen LogP) is 2.06. The van der Waals surface area contributed by atoms with Gasteiger partial charge in [0.15, 0.2) is 17.1 Å². The molecule has 0 aliphatic heterocycles. The predicted molar refractivity (Wildman–Crippen MR) is 139 cm³/mol. The Kier molecular flexibility index (Phi) is 9.60. The number of rotatable bonds is 13. The van der Waals surface area contributed by atoms with Crippen molar-refractivity contribution >= 4 is 30.7 Å². The van der Waals surface area contributed by atoms with E-state index in [1.807, 2.05) is 0 Å². The lowest BCUT2D eigenvalue weighted by atomic mass is 9.98. The number of para-hydroxylation sites is 1. The Morgan fingerprint density at radius 2 is 2.00 bits per heavy atom. The van der Waals surface area contributed by atoms with Gasteiger partial charge >= 0.3 is 19.8 Å². The molecule has 210 valence electrons. The van der Waals surface area contributed by atoms with E-state index in [9.17, 15) is 18.9 Å². The normalized spacial score (nSPS) is 16.2. The summed E-state index contributed by atoms with van der Waals surface area (Å²) in [6.45, 7) is 3.82. The van der Waals surface area contributed by atoms with Crippen LogP contribution < -0.4 is 15.3 Å². The molecule has 1 aromatic carbocycles. The van der Waals surface area contributed by atoms with E-state index < -0.39 is 50.3 Å². The fourth-order valence-corrected chi connectivity index (χ4v) is 4.93. The molecule has 2 heterocycles. The Hall–Kier alpha value is -3.60. The highest BCUT2D eigenvalue weighted by atomic mass is 31.2. The van der Waals surface area contributed by atoms with Crippen LogP contribution in [0.3, 0.4) is 0 Å². The molecule has 2 aromatic heterocycles. The molecule has 0 aliphatic carbocycles. The SMILES string of the molecule is C#CC(COP(=O)(N[C@@H](C)C(=O)OC(C)C)Oc1ccccc1)(OC)[C@@H](O)Cn1cnc2c(N)nc(F)nc21. The number of esters is 1. The highest BCUT2D eigenvalue weighted by Crippen LogP contribution is 2.46. The Bertz CT molecular complexity index is 1380. The van der Waals surface area contributed by atoms with Crippen molar-refractivity contribution in [2.45, 2.75) is 51.2 Å². The number of benzene rings is 1. The van der Waals surface area contributed by atoms with Gasteiger partial charge in [-0.15, -0.1) is 6.42 Å². The van der Waals surface area contributed by atoms with Crippen LogP contribution in [0.2, 0.25) is 0 Å². The van der Waals surface area contributed by atoms with Crippen LogP contribution in [0.5, 0.6) is 5.75 Å². The molecule has 0 spiro atoms. The van der Waals surface area contributed by atoms with Crippen molar-refractivity contribution in [1.82, 2.24) is 24.6 Å². The zero-order valence-corrected chi connectivity index (χ0v) is 22.7. The summed E-state index contributed by atoms with van der Waals surface area (Å²) in [5.74, 6) is 1.63. The molecule has 39 heavy (non-hydrogen) atoms. The molecule has 2 unspecified atom stereocenters. The van der Waals surface area contributed by atoms with Gasteiger partial charge in [-0.25, -0.2) is 9.55 Å². The van der Waals surface area contributed by atoms with Crippen LogP contribution in [0.1, 0.15) is 20.8 Å². The minimum Gasteiger partial charge on any atom is -0.462 e. The van der Waals surface area contributed by atoms with E-state index in [1.165, 1.54) is 37.1 Å². The number of aliphatic hydroxyl groups is 1. The lowest BCUT2D eigenvalue weighted by Gasteiger charge is -2.33. The first kappa shape index (κ1) is 29.9. The van der Waals surface area contributed by atoms with E-state index >= 15 is 0 Å². The Morgan fingerprint density at radius 1 is 1.31 bits per heavy atom. The number of hydrogen-bond donors (Lipinski definition) is 3. The summed E-state index contributed by atoms with van der Waals surface area (Å²) in [6, 6.07) is 6.98. The number of nitrogens with two attached hydrogens (primary N) is 1. The first-order valence-electron chi connectivity index (χ1n) is 11.7. The molecule has 13 nitrogen and oxygen atoms in total. The van der Waals surface area contributed by atoms with Crippen molar-refractivity contribution in [1.29, 1.82) is 0 Å². The van der Waals surface area contributed by atoms with Gasteiger partial charge in [-0.2, -0.15) is 19.4 Å². The summed E-state index contributed by atoms with van der Waals surface area (Å²) in [5.41, 5.74) is 3.95. The number of carbonyl (C=O) groups is 1. The number of nitrogens with zero attached hydrogens (tertiary/aromatic N) is 4.